The third-order valence-electron chi connectivity index (χ3n) is 4.71. The first-order valence-electron chi connectivity index (χ1n) is 9.89. The number of carbonyl (C=O) groups is 2. The van der Waals surface area contributed by atoms with Gasteiger partial charge in [-0.2, -0.15) is 0 Å². The first kappa shape index (κ1) is 22.3. The monoisotopic (exact) mass is 442 g/mol. The van der Waals surface area contributed by atoms with Crippen molar-refractivity contribution >= 4 is 50.9 Å². The van der Waals surface area contributed by atoms with Gasteiger partial charge in [0.05, 0.1) is 10.2 Å². The highest BCUT2D eigenvalue weighted by molar-refractivity contribution is 8.02. The zero-order valence-corrected chi connectivity index (χ0v) is 19.2. The molecule has 3 rings (SSSR count). The molecule has 0 unspecified atom stereocenters. The minimum absolute atomic E-state index is 0.0404. The molecular formula is C23H26N2O3S2. The number of fused-ring (bicyclic) bond motifs is 1. The lowest BCUT2D eigenvalue weighted by Gasteiger charge is -2.19. The molecule has 30 heavy (non-hydrogen) atoms. The number of carbonyl (C=O) groups excluding carboxylic acids is 1. The van der Waals surface area contributed by atoms with E-state index in [0.29, 0.717) is 17.7 Å². The van der Waals surface area contributed by atoms with E-state index in [4.69, 9.17) is 0 Å². The number of hydrogen-bond acceptors (Lipinski definition) is 5. The molecule has 3 aromatic rings. The van der Waals surface area contributed by atoms with Gasteiger partial charge in [-0.3, -0.25) is 9.59 Å². The van der Waals surface area contributed by atoms with Gasteiger partial charge in [0.2, 0.25) is 0 Å². The van der Waals surface area contributed by atoms with Crippen LogP contribution in [0.4, 0.5) is 5.69 Å². The van der Waals surface area contributed by atoms with Crippen molar-refractivity contribution in [2.45, 2.75) is 55.5 Å². The fourth-order valence-corrected chi connectivity index (χ4v) is 5.37. The second-order valence-electron chi connectivity index (χ2n) is 8.18. The average Bonchev–Trinajstić information content (AvgIpc) is 3.08. The number of nitrogens with zero attached hydrogens (tertiary/aromatic N) is 1. The summed E-state index contributed by atoms with van der Waals surface area (Å²) in [4.78, 5) is 28.6. The molecule has 1 aromatic heterocycles. The van der Waals surface area contributed by atoms with Crippen LogP contribution in [0, 0.1) is 0 Å². The first-order chi connectivity index (χ1) is 14.2. The Morgan fingerprint density at radius 3 is 2.47 bits per heavy atom. The minimum Gasteiger partial charge on any atom is -0.480 e. The van der Waals surface area contributed by atoms with Crippen LogP contribution in [-0.4, -0.2) is 27.2 Å². The van der Waals surface area contributed by atoms with Crippen molar-refractivity contribution in [3.05, 3.63) is 53.6 Å². The number of aliphatic carboxylic acids is 1. The lowest BCUT2D eigenvalue weighted by Crippen LogP contribution is -2.15. The van der Waals surface area contributed by atoms with Crippen LogP contribution in [0.3, 0.4) is 0 Å². The largest absolute Gasteiger partial charge is 0.480 e. The molecule has 0 bridgehead atoms. The number of amides is 1. The number of aromatic nitrogens is 1. The van der Waals surface area contributed by atoms with Crippen LogP contribution in [0.2, 0.25) is 0 Å². The van der Waals surface area contributed by atoms with Crippen LogP contribution in [0.25, 0.3) is 10.2 Å². The van der Waals surface area contributed by atoms with E-state index < -0.39 is 11.2 Å². The summed E-state index contributed by atoms with van der Waals surface area (Å²) in [5.41, 5.74) is 3.32. The number of rotatable bonds is 7. The van der Waals surface area contributed by atoms with E-state index in [2.05, 4.69) is 31.1 Å². The average molecular weight is 443 g/mol. The Labute approximate surface area is 184 Å². The van der Waals surface area contributed by atoms with E-state index >= 15 is 0 Å². The molecule has 0 aliphatic carbocycles. The van der Waals surface area contributed by atoms with Gasteiger partial charge < -0.3 is 10.4 Å². The lowest BCUT2D eigenvalue weighted by atomic mass is 9.87. The maximum absolute atomic E-state index is 12.6. The molecule has 1 heterocycles. The zero-order valence-electron chi connectivity index (χ0n) is 17.6. The summed E-state index contributed by atoms with van der Waals surface area (Å²) < 4.78 is 1.64. The topological polar surface area (TPSA) is 79.3 Å². The number of benzene rings is 2. The van der Waals surface area contributed by atoms with Crippen molar-refractivity contribution in [2.24, 2.45) is 0 Å². The SMILES string of the molecule is CCC[C@H](Sc1nc2ccc(NC(=O)c3ccc(C(C)(C)C)cc3)cc2s1)C(=O)O. The summed E-state index contributed by atoms with van der Waals surface area (Å²) in [6, 6.07) is 13.2. The first-order valence-corrected chi connectivity index (χ1v) is 11.6. The van der Waals surface area contributed by atoms with Gasteiger partial charge in [0.1, 0.15) is 5.25 Å². The number of thioether (sulfide) groups is 1. The molecule has 1 atom stereocenters. The molecule has 158 valence electrons. The molecule has 0 aliphatic rings. The van der Waals surface area contributed by atoms with Gasteiger partial charge in [0, 0.05) is 11.3 Å². The van der Waals surface area contributed by atoms with Crippen LogP contribution in [0.5, 0.6) is 0 Å². The molecule has 2 N–H and O–H groups in total. The third kappa shape index (κ3) is 5.40. The van der Waals surface area contributed by atoms with Crippen LogP contribution in [0.15, 0.2) is 46.8 Å². The molecule has 0 saturated heterocycles. The Balaban J connectivity index is 1.74. The number of nitrogens with one attached hydrogen (secondary N) is 1. The van der Waals surface area contributed by atoms with Crippen LogP contribution in [-0.2, 0) is 10.2 Å². The highest BCUT2D eigenvalue weighted by Gasteiger charge is 2.20. The van der Waals surface area contributed by atoms with E-state index in [1.54, 1.807) is 0 Å². The van der Waals surface area contributed by atoms with Gasteiger partial charge in [0.25, 0.3) is 5.91 Å². The molecule has 0 saturated carbocycles. The van der Waals surface area contributed by atoms with E-state index in [9.17, 15) is 14.7 Å². The molecule has 7 heteroatoms. The highest BCUT2D eigenvalue weighted by atomic mass is 32.2. The minimum atomic E-state index is -0.813. The van der Waals surface area contributed by atoms with E-state index in [0.717, 1.165) is 21.0 Å². The van der Waals surface area contributed by atoms with Crippen molar-refractivity contribution in [3.8, 4) is 0 Å². The van der Waals surface area contributed by atoms with Crippen molar-refractivity contribution in [2.75, 3.05) is 5.32 Å². The molecular weight excluding hydrogens is 416 g/mol. The Kier molecular flexibility index (Phi) is 6.83. The van der Waals surface area contributed by atoms with Crippen molar-refractivity contribution in [1.82, 2.24) is 4.98 Å². The fraction of sp³-hybridized carbons (Fsp3) is 0.348. The highest BCUT2D eigenvalue weighted by Crippen LogP contribution is 2.35. The summed E-state index contributed by atoms with van der Waals surface area (Å²) in [6.07, 6.45) is 1.41. The summed E-state index contributed by atoms with van der Waals surface area (Å²) >= 11 is 2.74. The number of carboxylic acids is 1. The van der Waals surface area contributed by atoms with Crippen molar-refractivity contribution in [3.63, 3.8) is 0 Å². The lowest BCUT2D eigenvalue weighted by molar-refractivity contribution is -0.136. The zero-order chi connectivity index (χ0) is 21.9. The summed E-state index contributed by atoms with van der Waals surface area (Å²) in [6.45, 7) is 8.39. The molecule has 1 amide bonds. The Morgan fingerprint density at radius 1 is 1.17 bits per heavy atom. The normalized spacial score (nSPS) is 12.7. The molecule has 0 aliphatic heterocycles. The molecule has 0 spiro atoms. The Bertz CT molecular complexity index is 1050. The quantitative estimate of drug-likeness (QED) is 0.426. The second kappa shape index (κ2) is 9.18. The van der Waals surface area contributed by atoms with Crippen LogP contribution < -0.4 is 5.32 Å². The van der Waals surface area contributed by atoms with Crippen molar-refractivity contribution < 1.29 is 14.7 Å². The molecule has 0 radical (unpaired) electrons. The predicted octanol–water partition coefficient (Wildman–Crippen LogP) is 6.19. The summed E-state index contributed by atoms with van der Waals surface area (Å²) in [7, 11) is 0. The molecule has 5 nitrogen and oxygen atoms in total. The molecule has 0 fully saturated rings. The number of hydrogen-bond donors (Lipinski definition) is 2. The van der Waals surface area contributed by atoms with Gasteiger partial charge in [-0.05, 0) is 47.7 Å². The maximum Gasteiger partial charge on any atom is 0.317 e. The van der Waals surface area contributed by atoms with E-state index in [1.807, 2.05) is 49.4 Å². The van der Waals surface area contributed by atoms with Gasteiger partial charge in [-0.15, -0.1) is 11.3 Å². The second-order valence-corrected chi connectivity index (χ2v) is 10.7. The molecule has 2 aromatic carbocycles. The third-order valence-corrected chi connectivity index (χ3v) is 7.08. The van der Waals surface area contributed by atoms with Crippen LogP contribution in [0.1, 0.15) is 56.5 Å². The van der Waals surface area contributed by atoms with Gasteiger partial charge in [-0.1, -0.05) is 58.0 Å². The number of anilines is 1. The summed E-state index contributed by atoms with van der Waals surface area (Å²) in [5.74, 6) is -0.977. The predicted molar refractivity (Wildman–Crippen MR) is 125 cm³/mol. The smallest absolute Gasteiger partial charge is 0.317 e. The number of thiazole rings is 1. The van der Waals surface area contributed by atoms with E-state index in [1.165, 1.54) is 28.7 Å². The Hall–Kier alpha value is -2.38. The number of carboxylic acid groups (broad SMARTS) is 1. The van der Waals surface area contributed by atoms with Gasteiger partial charge >= 0.3 is 5.97 Å². The van der Waals surface area contributed by atoms with E-state index in [-0.39, 0.29) is 11.3 Å². The van der Waals surface area contributed by atoms with Gasteiger partial charge in [0.15, 0.2) is 4.34 Å². The van der Waals surface area contributed by atoms with Crippen molar-refractivity contribution in [1.29, 1.82) is 0 Å². The van der Waals surface area contributed by atoms with Gasteiger partial charge in [-0.25, -0.2) is 4.98 Å². The maximum atomic E-state index is 12.6. The Morgan fingerprint density at radius 2 is 1.87 bits per heavy atom. The summed E-state index contributed by atoms with van der Waals surface area (Å²) in [5, 5.41) is 11.8. The standard InChI is InChI=1S/C23H26N2O3S2/c1-5-6-18(21(27)28)29-22-25-17-12-11-16(13-19(17)30-22)24-20(26)14-7-9-15(10-8-14)23(2,3)4/h7-13,18H,5-6H2,1-4H3,(H,24,26)(H,27,28)/t18-/m0/s1. The fourth-order valence-electron chi connectivity index (χ4n) is 2.97. The van der Waals surface area contributed by atoms with Crippen LogP contribution >= 0.6 is 23.1 Å².